The number of benzene rings is 1. The molecule has 4 heteroatoms. The summed E-state index contributed by atoms with van der Waals surface area (Å²) in [6.45, 7) is 5.73. The average Bonchev–Trinajstić information content (AvgIpc) is 2.48. The molecular weight excluding hydrogens is 255 g/mol. The van der Waals surface area contributed by atoms with Crippen molar-refractivity contribution in [3.05, 3.63) is 35.6 Å². The van der Waals surface area contributed by atoms with E-state index in [1.807, 2.05) is 6.92 Å². The second kappa shape index (κ2) is 6.35. The van der Waals surface area contributed by atoms with Gasteiger partial charge in [-0.25, -0.2) is 4.39 Å². The van der Waals surface area contributed by atoms with Crippen LogP contribution in [0.5, 0.6) is 0 Å². The van der Waals surface area contributed by atoms with Gasteiger partial charge in [0.25, 0.3) is 0 Å². The normalized spacial score (nSPS) is 24.1. The van der Waals surface area contributed by atoms with Crippen molar-refractivity contribution in [2.24, 2.45) is 5.41 Å². The summed E-state index contributed by atoms with van der Waals surface area (Å²) in [5, 5.41) is 6.39. The zero-order valence-electron chi connectivity index (χ0n) is 12.2. The Labute approximate surface area is 120 Å². The summed E-state index contributed by atoms with van der Waals surface area (Å²) in [5.41, 5.74) is 0.627. The summed E-state index contributed by atoms with van der Waals surface area (Å²) in [5.74, 6) is -0.155. The predicted octanol–water partition coefficient (Wildman–Crippen LogP) is 2.78. The number of hydrogen-bond acceptors (Lipinski definition) is 2. The Morgan fingerprint density at radius 3 is 2.70 bits per heavy atom. The molecule has 0 aromatic heterocycles. The van der Waals surface area contributed by atoms with E-state index in [-0.39, 0.29) is 23.2 Å². The lowest BCUT2D eigenvalue weighted by atomic mass is 9.77. The second-order valence-electron chi connectivity index (χ2n) is 5.66. The average molecular weight is 278 g/mol. The van der Waals surface area contributed by atoms with Crippen LogP contribution in [0, 0.1) is 11.2 Å². The summed E-state index contributed by atoms with van der Waals surface area (Å²) in [4.78, 5) is 12.6. The minimum Gasteiger partial charge on any atom is -0.349 e. The van der Waals surface area contributed by atoms with Crippen LogP contribution in [-0.4, -0.2) is 19.0 Å². The Bertz CT molecular complexity index is 452. The van der Waals surface area contributed by atoms with E-state index in [1.54, 1.807) is 12.1 Å². The Morgan fingerprint density at radius 1 is 1.45 bits per heavy atom. The van der Waals surface area contributed by atoms with Crippen LogP contribution in [0.3, 0.4) is 0 Å². The summed E-state index contributed by atoms with van der Waals surface area (Å²) in [6.07, 6.45) is 2.80. The maximum atomic E-state index is 12.9. The highest BCUT2D eigenvalue weighted by Gasteiger charge is 2.38. The van der Waals surface area contributed by atoms with Crippen LogP contribution in [0.15, 0.2) is 24.3 Å². The highest BCUT2D eigenvalue weighted by molar-refractivity contribution is 5.83. The van der Waals surface area contributed by atoms with Gasteiger partial charge in [-0.1, -0.05) is 19.1 Å². The molecule has 0 bridgehead atoms. The second-order valence-corrected chi connectivity index (χ2v) is 5.66. The zero-order valence-corrected chi connectivity index (χ0v) is 12.2. The molecule has 0 spiro atoms. The molecule has 1 aliphatic rings. The van der Waals surface area contributed by atoms with E-state index in [0.29, 0.717) is 0 Å². The molecule has 2 atom stereocenters. The molecule has 0 aliphatic carbocycles. The van der Waals surface area contributed by atoms with Crippen molar-refractivity contribution in [2.75, 3.05) is 13.1 Å². The van der Waals surface area contributed by atoms with E-state index in [9.17, 15) is 9.18 Å². The van der Waals surface area contributed by atoms with Crippen LogP contribution in [0.4, 0.5) is 4.39 Å². The van der Waals surface area contributed by atoms with E-state index in [0.717, 1.165) is 37.9 Å². The molecule has 1 fully saturated rings. The molecule has 1 aromatic rings. The third-order valence-corrected chi connectivity index (χ3v) is 4.35. The van der Waals surface area contributed by atoms with E-state index < -0.39 is 0 Å². The monoisotopic (exact) mass is 278 g/mol. The van der Waals surface area contributed by atoms with Gasteiger partial charge in [-0.15, -0.1) is 0 Å². The molecule has 1 aromatic carbocycles. The van der Waals surface area contributed by atoms with Crippen LogP contribution in [0.1, 0.15) is 44.7 Å². The molecule has 1 aliphatic heterocycles. The number of carbonyl (C=O) groups is 1. The largest absolute Gasteiger partial charge is 0.349 e. The molecule has 2 rings (SSSR count). The molecule has 0 saturated carbocycles. The Balaban J connectivity index is 2.04. The molecule has 1 saturated heterocycles. The summed E-state index contributed by atoms with van der Waals surface area (Å²) in [6, 6.07) is 6.19. The molecule has 1 amide bonds. The molecule has 3 nitrogen and oxygen atoms in total. The van der Waals surface area contributed by atoms with Crippen LogP contribution in [-0.2, 0) is 4.79 Å². The van der Waals surface area contributed by atoms with Crippen molar-refractivity contribution in [3.63, 3.8) is 0 Å². The fraction of sp³-hybridized carbons (Fsp3) is 0.562. The van der Waals surface area contributed by atoms with E-state index in [2.05, 4.69) is 17.6 Å². The highest BCUT2D eigenvalue weighted by Crippen LogP contribution is 2.31. The van der Waals surface area contributed by atoms with Crippen LogP contribution < -0.4 is 10.6 Å². The minimum absolute atomic E-state index is 0.101. The summed E-state index contributed by atoms with van der Waals surface area (Å²) >= 11 is 0. The molecule has 20 heavy (non-hydrogen) atoms. The van der Waals surface area contributed by atoms with Crippen molar-refractivity contribution < 1.29 is 9.18 Å². The lowest BCUT2D eigenvalue weighted by Gasteiger charge is -2.36. The maximum Gasteiger partial charge on any atom is 0.227 e. The van der Waals surface area contributed by atoms with E-state index >= 15 is 0 Å². The minimum atomic E-state index is -0.299. The molecule has 1 heterocycles. The van der Waals surface area contributed by atoms with Gasteiger partial charge < -0.3 is 10.6 Å². The van der Waals surface area contributed by atoms with Gasteiger partial charge in [0.05, 0.1) is 11.5 Å². The first kappa shape index (κ1) is 15.0. The van der Waals surface area contributed by atoms with Crippen molar-refractivity contribution in [2.45, 2.75) is 39.2 Å². The van der Waals surface area contributed by atoms with Gasteiger partial charge in [-0.3, -0.25) is 4.79 Å². The van der Waals surface area contributed by atoms with Gasteiger partial charge >= 0.3 is 0 Å². The van der Waals surface area contributed by atoms with Crippen LogP contribution in [0.25, 0.3) is 0 Å². The van der Waals surface area contributed by atoms with Gasteiger partial charge in [0.2, 0.25) is 5.91 Å². The number of hydrogen-bond donors (Lipinski definition) is 2. The molecular formula is C16H23FN2O. The fourth-order valence-corrected chi connectivity index (χ4v) is 2.81. The first-order chi connectivity index (χ1) is 9.57. The van der Waals surface area contributed by atoms with Gasteiger partial charge in [-0.2, -0.15) is 0 Å². The maximum absolute atomic E-state index is 12.9. The number of piperidine rings is 1. The van der Waals surface area contributed by atoms with Gasteiger partial charge in [-0.05, 0) is 50.4 Å². The van der Waals surface area contributed by atoms with Crippen molar-refractivity contribution in [1.82, 2.24) is 10.6 Å². The Kier molecular flexibility index (Phi) is 4.76. The SMILES string of the molecule is CCC1(C(=O)N[C@H](C)c2ccc(F)cc2)CCCNC1. The zero-order chi connectivity index (χ0) is 14.6. The number of nitrogens with one attached hydrogen (secondary N) is 2. The summed E-state index contributed by atoms with van der Waals surface area (Å²) < 4.78 is 12.9. The van der Waals surface area contributed by atoms with Gasteiger partial charge in [0.1, 0.15) is 5.82 Å². The van der Waals surface area contributed by atoms with Crippen molar-refractivity contribution in [3.8, 4) is 0 Å². The van der Waals surface area contributed by atoms with E-state index in [4.69, 9.17) is 0 Å². The standard InChI is InChI=1S/C16H23FN2O/c1-3-16(9-4-10-18-11-16)15(20)19-12(2)13-5-7-14(17)8-6-13/h5-8,12,18H,3-4,9-11H2,1-2H3,(H,19,20)/t12-,16?/m1/s1. The van der Waals surface area contributed by atoms with Crippen LogP contribution in [0.2, 0.25) is 0 Å². The highest BCUT2D eigenvalue weighted by atomic mass is 19.1. The molecule has 2 N–H and O–H groups in total. The Hall–Kier alpha value is -1.42. The smallest absolute Gasteiger partial charge is 0.227 e. The predicted molar refractivity (Wildman–Crippen MR) is 77.8 cm³/mol. The lowest BCUT2D eigenvalue weighted by Crippen LogP contribution is -2.50. The third-order valence-electron chi connectivity index (χ3n) is 4.35. The van der Waals surface area contributed by atoms with Crippen LogP contribution >= 0.6 is 0 Å². The van der Waals surface area contributed by atoms with Gasteiger partial charge in [0.15, 0.2) is 0 Å². The van der Waals surface area contributed by atoms with E-state index in [1.165, 1.54) is 12.1 Å². The molecule has 1 unspecified atom stereocenters. The Morgan fingerprint density at radius 2 is 2.15 bits per heavy atom. The lowest BCUT2D eigenvalue weighted by molar-refractivity contribution is -0.133. The number of carbonyl (C=O) groups excluding carboxylic acids is 1. The van der Waals surface area contributed by atoms with Gasteiger partial charge in [0, 0.05) is 6.54 Å². The number of rotatable bonds is 4. The van der Waals surface area contributed by atoms with Crippen molar-refractivity contribution in [1.29, 1.82) is 0 Å². The topological polar surface area (TPSA) is 41.1 Å². The molecule has 110 valence electrons. The fourth-order valence-electron chi connectivity index (χ4n) is 2.81. The molecule has 0 radical (unpaired) electrons. The van der Waals surface area contributed by atoms with Crippen molar-refractivity contribution >= 4 is 5.91 Å². The first-order valence-corrected chi connectivity index (χ1v) is 7.34. The number of halogens is 1. The third kappa shape index (κ3) is 3.18. The first-order valence-electron chi connectivity index (χ1n) is 7.34. The number of amides is 1. The summed E-state index contributed by atoms with van der Waals surface area (Å²) in [7, 11) is 0. The quantitative estimate of drug-likeness (QED) is 0.889.